The molecule has 1 aromatic heterocycles. The van der Waals surface area contributed by atoms with Crippen molar-refractivity contribution in [1.29, 1.82) is 0 Å². The van der Waals surface area contributed by atoms with E-state index in [1.165, 1.54) is 12.1 Å². The van der Waals surface area contributed by atoms with Crippen molar-refractivity contribution in [2.45, 2.75) is 38.3 Å². The van der Waals surface area contributed by atoms with Gasteiger partial charge in [-0.1, -0.05) is 11.6 Å². The summed E-state index contributed by atoms with van der Waals surface area (Å²) in [7, 11) is -3.50. The monoisotopic (exact) mass is 370 g/mol. The highest BCUT2D eigenvalue weighted by Gasteiger charge is 2.13. The van der Waals surface area contributed by atoms with Gasteiger partial charge in [0.1, 0.15) is 0 Å². The lowest BCUT2D eigenvalue weighted by Crippen LogP contribution is -2.37. The highest BCUT2D eigenvalue weighted by Crippen LogP contribution is 2.13. The van der Waals surface area contributed by atoms with E-state index in [-0.39, 0.29) is 10.9 Å². The van der Waals surface area contributed by atoms with Gasteiger partial charge in [0.2, 0.25) is 10.0 Å². The Morgan fingerprint density at radius 3 is 2.46 bits per heavy atom. The number of hydrogen-bond acceptors (Lipinski definition) is 4. The Labute approximate surface area is 148 Å². The van der Waals surface area contributed by atoms with Gasteiger partial charge in [-0.2, -0.15) is 5.10 Å². The lowest BCUT2D eigenvalue weighted by Gasteiger charge is -2.15. The molecule has 2 N–H and O–H groups in total. The van der Waals surface area contributed by atoms with Crippen LogP contribution >= 0.6 is 11.6 Å². The summed E-state index contributed by atoms with van der Waals surface area (Å²) in [5.74, 6) is 0. The van der Waals surface area contributed by atoms with E-state index < -0.39 is 10.0 Å². The molecule has 0 bridgehead atoms. The maximum absolute atomic E-state index is 12.1. The second kappa shape index (κ2) is 8.11. The van der Waals surface area contributed by atoms with Crippen LogP contribution in [0.5, 0.6) is 0 Å². The standard InChI is InChI=1S/C16H23ClN4O2S/c1-12-10-14(3)21(20-12)11-13(2)18-8-9-19-24(22,23)16-6-4-15(17)5-7-16/h4-7,10,13,18-19H,8-9,11H2,1-3H3. The molecule has 2 aromatic rings. The normalized spacial score (nSPS) is 13.2. The van der Waals surface area contributed by atoms with Crippen LogP contribution in [0.3, 0.4) is 0 Å². The summed E-state index contributed by atoms with van der Waals surface area (Å²) in [6.07, 6.45) is 0. The van der Waals surface area contributed by atoms with Crippen LogP contribution in [0.25, 0.3) is 0 Å². The van der Waals surface area contributed by atoms with Crippen molar-refractivity contribution in [1.82, 2.24) is 19.8 Å². The van der Waals surface area contributed by atoms with Gasteiger partial charge < -0.3 is 5.32 Å². The lowest BCUT2D eigenvalue weighted by molar-refractivity contribution is 0.446. The number of benzene rings is 1. The van der Waals surface area contributed by atoms with Crippen LogP contribution in [0.2, 0.25) is 5.02 Å². The zero-order valence-electron chi connectivity index (χ0n) is 14.1. The molecule has 2 rings (SSSR count). The molecule has 24 heavy (non-hydrogen) atoms. The first-order chi connectivity index (χ1) is 11.3. The van der Waals surface area contributed by atoms with Crippen LogP contribution in [-0.2, 0) is 16.6 Å². The van der Waals surface area contributed by atoms with Gasteiger partial charge in [-0.05, 0) is 51.1 Å². The van der Waals surface area contributed by atoms with E-state index in [0.29, 0.717) is 18.1 Å². The van der Waals surface area contributed by atoms with Crippen molar-refractivity contribution < 1.29 is 8.42 Å². The zero-order valence-corrected chi connectivity index (χ0v) is 15.7. The molecule has 1 heterocycles. The maximum Gasteiger partial charge on any atom is 0.240 e. The van der Waals surface area contributed by atoms with E-state index in [0.717, 1.165) is 17.9 Å². The third kappa shape index (κ3) is 5.31. The second-order valence-corrected chi connectivity index (χ2v) is 8.02. The third-order valence-electron chi connectivity index (χ3n) is 3.58. The highest BCUT2D eigenvalue weighted by molar-refractivity contribution is 7.89. The molecule has 1 atom stereocenters. The molecule has 0 radical (unpaired) electrons. The minimum absolute atomic E-state index is 0.183. The summed E-state index contributed by atoms with van der Waals surface area (Å²) in [5, 5.41) is 8.22. The molecule has 1 aromatic carbocycles. The molecule has 0 saturated carbocycles. The quantitative estimate of drug-likeness (QED) is 0.698. The summed E-state index contributed by atoms with van der Waals surface area (Å²) in [5.41, 5.74) is 2.11. The molecule has 8 heteroatoms. The minimum atomic E-state index is -3.50. The topological polar surface area (TPSA) is 76.0 Å². The van der Waals surface area contributed by atoms with Crippen molar-refractivity contribution in [2.24, 2.45) is 0 Å². The van der Waals surface area contributed by atoms with Crippen molar-refractivity contribution in [2.75, 3.05) is 13.1 Å². The molecule has 0 aliphatic rings. The van der Waals surface area contributed by atoms with Crippen LogP contribution < -0.4 is 10.0 Å². The van der Waals surface area contributed by atoms with Gasteiger partial charge in [-0.25, -0.2) is 13.1 Å². The first-order valence-corrected chi connectivity index (χ1v) is 9.64. The Bertz CT molecular complexity index is 772. The number of hydrogen-bond donors (Lipinski definition) is 2. The van der Waals surface area contributed by atoms with Gasteiger partial charge in [0.25, 0.3) is 0 Å². The molecule has 0 aliphatic heterocycles. The van der Waals surface area contributed by atoms with Gasteiger partial charge in [0.15, 0.2) is 0 Å². The molecule has 1 unspecified atom stereocenters. The minimum Gasteiger partial charge on any atom is -0.311 e. The Morgan fingerprint density at radius 2 is 1.88 bits per heavy atom. The van der Waals surface area contributed by atoms with Crippen LogP contribution in [-0.4, -0.2) is 37.3 Å². The predicted octanol–water partition coefficient (Wildman–Crippen LogP) is 2.11. The molecule has 6 nitrogen and oxygen atoms in total. The van der Waals surface area contributed by atoms with Gasteiger partial charge in [0, 0.05) is 29.8 Å². The third-order valence-corrected chi connectivity index (χ3v) is 5.31. The smallest absolute Gasteiger partial charge is 0.240 e. The highest BCUT2D eigenvalue weighted by atomic mass is 35.5. The van der Waals surface area contributed by atoms with Crippen LogP contribution in [0.1, 0.15) is 18.3 Å². The van der Waals surface area contributed by atoms with Gasteiger partial charge >= 0.3 is 0 Å². The second-order valence-electron chi connectivity index (χ2n) is 5.82. The first kappa shape index (κ1) is 18.9. The summed E-state index contributed by atoms with van der Waals surface area (Å²) in [4.78, 5) is 0.211. The molecule has 0 saturated heterocycles. The summed E-state index contributed by atoms with van der Waals surface area (Å²) >= 11 is 5.77. The number of sulfonamides is 1. The fourth-order valence-electron chi connectivity index (χ4n) is 2.38. The van der Waals surface area contributed by atoms with E-state index in [9.17, 15) is 8.42 Å². The lowest BCUT2D eigenvalue weighted by atomic mass is 10.3. The number of nitrogens with one attached hydrogen (secondary N) is 2. The number of aryl methyl sites for hydroxylation is 2. The Kier molecular flexibility index (Phi) is 6.40. The average Bonchev–Trinajstić information content (AvgIpc) is 2.82. The molecular formula is C16H23ClN4O2S. The molecule has 132 valence electrons. The van der Waals surface area contributed by atoms with Crippen molar-refractivity contribution >= 4 is 21.6 Å². The van der Waals surface area contributed by atoms with Gasteiger partial charge in [-0.15, -0.1) is 0 Å². The maximum atomic E-state index is 12.1. The van der Waals surface area contributed by atoms with E-state index in [4.69, 9.17) is 11.6 Å². The van der Waals surface area contributed by atoms with Crippen LogP contribution in [0, 0.1) is 13.8 Å². The average molecular weight is 371 g/mol. The summed E-state index contributed by atoms with van der Waals surface area (Å²) in [6, 6.07) is 8.32. The van der Waals surface area contributed by atoms with E-state index >= 15 is 0 Å². The fourth-order valence-corrected chi connectivity index (χ4v) is 3.54. The van der Waals surface area contributed by atoms with E-state index in [1.54, 1.807) is 12.1 Å². The Balaban J connectivity index is 1.77. The van der Waals surface area contributed by atoms with Gasteiger partial charge in [0.05, 0.1) is 17.1 Å². The number of nitrogens with zero attached hydrogens (tertiary/aromatic N) is 2. The largest absolute Gasteiger partial charge is 0.311 e. The molecular weight excluding hydrogens is 348 g/mol. The van der Waals surface area contributed by atoms with E-state index in [1.807, 2.05) is 31.5 Å². The van der Waals surface area contributed by atoms with E-state index in [2.05, 4.69) is 15.1 Å². The fraction of sp³-hybridized carbons (Fsp3) is 0.438. The Morgan fingerprint density at radius 1 is 1.21 bits per heavy atom. The predicted molar refractivity (Wildman–Crippen MR) is 95.8 cm³/mol. The SMILES string of the molecule is Cc1cc(C)n(CC(C)NCCNS(=O)(=O)c2ccc(Cl)cc2)n1. The zero-order chi connectivity index (χ0) is 17.7. The molecule has 0 aliphatic carbocycles. The summed E-state index contributed by atoms with van der Waals surface area (Å²) < 4.78 is 28.8. The number of aromatic nitrogens is 2. The van der Waals surface area contributed by atoms with Crippen LogP contribution in [0.4, 0.5) is 0 Å². The first-order valence-electron chi connectivity index (χ1n) is 7.77. The van der Waals surface area contributed by atoms with Crippen molar-refractivity contribution in [3.8, 4) is 0 Å². The van der Waals surface area contributed by atoms with Crippen molar-refractivity contribution in [3.05, 3.63) is 46.7 Å². The number of rotatable bonds is 8. The molecule has 0 amide bonds. The summed E-state index contributed by atoms with van der Waals surface area (Å²) in [6.45, 7) is 7.62. The van der Waals surface area contributed by atoms with Gasteiger partial charge in [-0.3, -0.25) is 4.68 Å². The molecule has 0 spiro atoms. The number of halogens is 1. The van der Waals surface area contributed by atoms with Crippen LogP contribution in [0.15, 0.2) is 35.2 Å². The Hall–Kier alpha value is -1.41. The van der Waals surface area contributed by atoms with Crippen molar-refractivity contribution in [3.63, 3.8) is 0 Å². The molecule has 0 fully saturated rings.